The largest absolute Gasteiger partial charge is 0.0985 e. The lowest BCUT2D eigenvalue weighted by molar-refractivity contribution is 0.596. The lowest BCUT2D eigenvalue weighted by atomic mass is 10.1. The molecule has 0 atom stereocenters. The Morgan fingerprint density at radius 3 is 2.22 bits per heavy atom. The maximum Gasteiger partial charge on any atom is 0.00922 e. The van der Waals surface area contributed by atoms with Crippen molar-refractivity contribution >= 4 is 15.9 Å². The van der Waals surface area contributed by atoms with Crippen LogP contribution in [0.2, 0.25) is 0 Å². The highest BCUT2D eigenvalue weighted by atomic mass is 79.9. The fraction of sp³-hybridized carbons (Fsp3) is 0.765. The van der Waals surface area contributed by atoms with Crippen molar-refractivity contribution in [2.75, 3.05) is 5.33 Å². The van der Waals surface area contributed by atoms with Crippen LogP contribution in [0.15, 0.2) is 12.2 Å². The third-order valence-corrected chi connectivity index (χ3v) is 3.52. The van der Waals surface area contributed by atoms with Gasteiger partial charge in [0.1, 0.15) is 0 Å². The number of allylic oxidation sites excluding steroid dienone is 2. The summed E-state index contributed by atoms with van der Waals surface area (Å²) in [5.74, 6) is 6.36. The fourth-order valence-electron chi connectivity index (χ4n) is 1.79. The molecule has 0 unspecified atom stereocenters. The van der Waals surface area contributed by atoms with Crippen molar-refractivity contribution in [1.29, 1.82) is 0 Å². The van der Waals surface area contributed by atoms with Crippen LogP contribution in [0.3, 0.4) is 0 Å². The van der Waals surface area contributed by atoms with Gasteiger partial charge in [0, 0.05) is 11.8 Å². The minimum absolute atomic E-state index is 1.07. The molecule has 0 bridgehead atoms. The van der Waals surface area contributed by atoms with Crippen LogP contribution >= 0.6 is 15.9 Å². The Morgan fingerprint density at radius 2 is 1.56 bits per heavy atom. The highest BCUT2D eigenvalue weighted by Crippen LogP contribution is 2.08. The van der Waals surface area contributed by atoms with Gasteiger partial charge in [-0.25, -0.2) is 0 Å². The molecule has 0 aliphatic rings. The molecule has 0 heterocycles. The van der Waals surface area contributed by atoms with E-state index in [-0.39, 0.29) is 0 Å². The monoisotopic (exact) mass is 312 g/mol. The van der Waals surface area contributed by atoms with E-state index in [1.165, 1.54) is 64.2 Å². The van der Waals surface area contributed by atoms with Crippen LogP contribution < -0.4 is 0 Å². The number of alkyl halides is 1. The van der Waals surface area contributed by atoms with E-state index < -0.39 is 0 Å². The summed E-state index contributed by atoms with van der Waals surface area (Å²) in [4.78, 5) is 0. The number of unbranched alkanes of at least 4 members (excludes halogenated alkanes) is 9. The van der Waals surface area contributed by atoms with E-state index in [4.69, 9.17) is 0 Å². The molecule has 104 valence electrons. The molecule has 0 spiro atoms. The third kappa shape index (κ3) is 15.8. The van der Waals surface area contributed by atoms with E-state index in [1.54, 1.807) is 0 Å². The van der Waals surface area contributed by atoms with E-state index in [2.05, 4.69) is 40.8 Å². The quantitative estimate of drug-likeness (QED) is 0.240. The standard InChI is InChI=1S/C17H29Br/c1-2-3-4-5-6-7-8-9-10-11-12-13-14-15-16-17-18/h5-6H,2-4,9-17H2,1H3/b6-5-. The third-order valence-electron chi connectivity index (χ3n) is 2.96. The van der Waals surface area contributed by atoms with Crippen LogP contribution in [0.5, 0.6) is 0 Å². The molecule has 0 aromatic rings. The first kappa shape index (κ1) is 17.8. The predicted molar refractivity (Wildman–Crippen MR) is 87.2 cm³/mol. The first-order chi connectivity index (χ1) is 8.91. The SMILES string of the molecule is CCCC/C=C\C#CCCCCCCCCCBr. The average molecular weight is 313 g/mol. The first-order valence-corrected chi connectivity index (χ1v) is 8.73. The van der Waals surface area contributed by atoms with Gasteiger partial charge in [-0.2, -0.15) is 0 Å². The van der Waals surface area contributed by atoms with Crippen molar-refractivity contribution in [2.24, 2.45) is 0 Å². The van der Waals surface area contributed by atoms with Gasteiger partial charge in [0.05, 0.1) is 0 Å². The van der Waals surface area contributed by atoms with E-state index in [0.29, 0.717) is 0 Å². The summed E-state index contributed by atoms with van der Waals surface area (Å²) in [6.07, 6.45) is 18.5. The molecule has 0 nitrogen and oxygen atoms in total. The van der Waals surface area contributed by atoms with Gasteiger partial charge in [-0.3, -0.25) is 0 Å². The zero-order valence-corrected chi connectivity index (χ0v) is 13.6. The molecule has 18 heavy (non-hydrogen) atoms. The Morgan fingerprint density at radius 1 is 0.889 bits per heavy atom. The summed E-state index contributed by atoms with van der Waals surface area (Å²) in [5.41, 5.74) is 0. The molecule has 0 fully saturated rings. The lowest BCUT2D eigenvalue weighted by Gasteiger charge is -1.98. The summed E-state index contributed by atoms with van der Waals surface area (Å²) in [5, 5.41) is 1.16. The van der Waals surface area contributed by atoms with Gasteiger partial charge in [0.2, 0.25) is 0 Å². The maximum atomic E-state index is 3.47. The zero-order valence-electron chi connectivity index (χ0n) is 12.0. The molecule has 0 saturated heterocycles. The second kappa shape index (κ2) is 16.8. The van der Waals surface area contributed by atoms with Crippen molar-refractivity contribution in [2.45, 2.75) is 77.6 Å². The Kier molecular flexibility index (Phi) is 16.6. The van der Waals surface area contributed by atoms with Gasteiger partial charge >= 0.3 is 0 Å². The molecule has 0 aliphatic heterocycles. The van der Waals surface area contributed by atoms with Crippen LogP contribution in [0, 0.1) is 11.8 Å². The summed E-state index contributed by atoms with van der Waals surface area (Å²) >= 11 is 3.47. The maximum absolute atomic E-state index is 3.47. The number of hydrogen-bond donors (Lipinski definition) is 0. The Labute approximate surface area is 123 Å². The number of hydrogen-bond acceptors (Lipinski definition) is 0. The van der Waals surface area contributed by atoms with Gasteiger partial charge in [0.15, 0.2) is 0 Å². The molecule has 1 heteroatoms. The van der Waals surface area contributed by atoms with Gasteiger partial charge in [0.25, 0.3) is 0 Å². The molecule has 0 saturated carbocycles. The lowest BCUT2D eigenvalue weighted by Crippen LogP contribution is -1.80. The van der Waals surface area contributed by atoms with Crippen molar-refractivity contribution < 1.29 is 0 Å². The number of rotatable bonds is 11. The van der Waals surface area contributed by atoms with Crippen LogP contribution in [-0.4, -0.2) is 5.33 Å². The first-order valence-electron chi connectivity index (χ1n) is 7.61. The molecule has 0 aromatic heterocycles. The highest BCUT2D eigenvalue weighted by molar-refractivity contribution is 9.09. The molecule has 0 amide bonds. The molecule has 0 aliphatic carbocycles. The van der Waals surface area contributed by atoms with Crippen LogP contribution in [-0.2, 0) is 0 Å². The van der Waals surface area contributed by atoms with Crippen LogP contribution in [0.25, 0.3) is 0 Å². The van der Waals surface area contributed by atoms with E-state index in [9.17, 15) is 0 Å². The summed E-state index contributed by atoms with van der Waals surface area (Å²) < 4.78 is 0. The normalized spacial score (nSPS) is 10.6. The summed E-state index contributed by atoms with van der Waals surface area (Å²) in [7, 11) is 0. The van der Waals surface area contributed by atoms with Crippen molar-refractivity contribution in [3.8, 4) is 11.8 Å². The smallest absolute Gasteiger partial charge is 0.00922 e. The molecular weight excluding hydrogens is 284 g/mol. The molecular formula is C17H29Br. The van der Waals surface area contributed by atoms with Crippen molar-refractivity contribution in [3.05, 3.63) is 12.2 Å². The van der Waals surface area contributed by atoms with Gasteiger partial charge in [-0.15, -0.1) is 0 Å². The van der Waals surface area contributed by atoms with Crippen molar-refractivity contribution in [1.82, 2.24) is 0 Å². The Bertz CT molecular complexity index is 232. The second-order valence-electron chi connectivity index (χ2n) is 4.78. The minimum atomic E-state index is 1.07. The number of halogens is 1. The summed E-state index contributed by atoms with van der Waals surface area (Å²) in [6.45, 7) is 2.22. The van der Waals surface area contributed by atoms with E-state index in [0.717, 1.165) is 11.8 Å². The van der Waals surface area contributed by atoms with Crippen LogP contribution in [0.1, 0.15) is 77.6 Å². The summed E-state index contributed by atoms with van der Waals surface area (Å²) in [6, 6.07) is 0. The van der Waals surface area contributed by atoms with Crippen LogP contribution in [0.4, 0.5) is 0 Å². The topological polar surface area (TPSA) is 0 Å². The molecule has 0 radical (unpaired) electrons. The molecule has 0 N–H and O–H groups in total. The Hall–Kier alpha value is -0.220. The predicted octanol–water partition coefficient (Wildman–Crippen LogP) is 6.25. The minimum Gasteiger partial charge on any atom is -0.0985 e. The van der Waals surface area contributed by atoms with Gasteiger partial charge in [-0.05, 0) is 25.3 Å². The van der Waals surface area contributed by atoms with E-state index in [1.807, 2.05) is 6.08 Å². The Balaban J connectivity index is 3.15. The van der Waals surface area contributed by atoms with Crippen molar-refractivity contribution in [3.63, 3.8) is 0 Å². The fourth-order valence-corrected chi connectivity index (χ4v) is 2.18. The molecule has 0 rings (SSSR count). The second-order valence-corrected chi connectivity index (χ2v) is 5.57. The highest BCUT2D eigenvalue weighted by Gasteiger charge is 1.90. The van der Waals surface area contributed by atoms with Gasteiger partial charge < -0.3 is 0 Å². The van der Waals surface area contributed by atoms with Gasteiger partial charge in [-0.1, -0.05) is 85.7 Å². The molecule has 0 aromatic carbocycles. The van der Waals surface area contributed by atoms with E-state index >= 15 is 0 Å². The average Bonchev–Trinajstić information content (AvgIpc) is 2.39. The zero-order chi connectivity index (χ0) is 13.3.